The van der Waals surface area contributed by atoms with Gasteiger partial charge < -0.3 is 10.6 Å². The molecule has 0 saturated heterocycles. The van der Waals surface area contributed by atoms with Gasteiger partial charge in [0, 0.05) is 18.5 Å². The Balaban J connectivity index is 2.42. The average Bonchev–Trinajstić information content (AvgIpc) is 3.09. The van der Waals surface area contributed by atoms with Gasteiger partial charge >= 0.3 is 0 Å². The Morgan fingerprint density at radius 2 is 1.94 bits per heavy atom. The first-order chi connectivity index (χ1) is 8.06. The summed E-state index contributed by atoms with van der Waals surface area (Å²) in [6.45, 7) is 8.10. The third-order valence-electron chi connectivity index (χ3n) is 3.48. The molecule has 1 fully saturated rings. The van der Waals surface area contributed by atoms with E-state index >= 15 is 0 Å². The van der Waals surface area contributed by atoms with Crippen LogP contribution in [0.1, 0.15) is 52.9 Å². The van der Waals surface area contributed by atoms with E-state index in [0.29, 0.717) is 24.4 Å². The zero-order valence-electron chi connectivity index (χ0n) is 11.6. The van der Waals surface area contributed by atoms with Gasteiger partial charge in [-0.05, 0) is 44.6 Å². The molecule has 17 heavy (non-hydrogen) atoms. The van der Waals surface area contributed by atoms with E-state index in [1.165, 1.54) is 12.8 Å². The number of rotatable bonds is 8. The third kappa shape index (κ3) is 5.07. The minimum atomic E-state index is 0.145. The van der Waals surface area contributed by atoms with Gasteiger partial charge in [-0.25, -0.2) is 0 Å². The first-order valence-electron chi connectivity index (χ1n) is 7.06. The Kier molecular flexibility index (Phi) is 5.96. The molecule has 0 heterocycles. The van der Waals surface area contributed by atoms with Gasteiger partial charge in [0.2, 0.25) is 5.91 Å². The molecular weight excluding hydrogens is 212 g/mol. The van der Waals surface area contributed by atoms with E-state index in [4.69, 9.17) is 5.73 Å². The van der Waals surface area contributed by atoms with Gasteiger partial charge in [-0.1, -0.05) is 20.8 Å². The summed E-state index contributed by atoms with van der Waals surface area (Å²) in [6.07, 6.45) is 5.41. The number of nitrogens with two attached hydrogens (primary N) is 1. The highest BCUT2D eigenvalue weighted by Crippen LogP contribution is 2.29. The van der Waals surface area contributed by atoms with Crippen LogP contribution < -0.4 is 5.73 Å². The highest BCUT2D eigenvalue weighted by atomic mass is 16.2. The van der Waals surface area contributed by atoms with Gasteiger partial charge in [-0.3, -0.25) is 4.79 Å². The molecule has 1 saturated carbocycles. The van der Waals surface area contributed by atoms with Crippen LogP contribution in [0.15, 0.2) is 0 Å². The fourth-order valence-electron chi connectivity index (χ4n) is 2.09. The van der Waals surface area contributed by atoms with Crippen LogP contribution in [-0.2, 0) is 4.79 Å². The second-order valence-electron chi connectivity index (χ2n) is 5.78. The van der Waals surface area contributed by atoms with Crippen molar-refractivity contribution in [1.82, 2.24) is 4.90 Å². The van der Waals surface area contributed by atoms with Crippen molar-refractivity contribution in [3.8, 4) is 0 Å². The number of carbonyl (C=O) groups is 1. The molecule has 1 atom stereocenters. The number of hydrogen-bond acceptors (Lipinski definition) is 2. The predicted octanol–water partition coefficient (Wildman–Crippen LogP) is 2.40. The Morgan fingerprint density at radius 3 is 2.41 bits per heavy atom. The molecule has 1 rings (SSSR count). The zero-order valence-corrected chi connectivity index (χ0v) is 11.6. The van der Waals surface area contributed by atoms with E-state index in [0.717, 1.165) is 25.8 Å². The fourth-order valence-corrected chi connectivity index (χ4v) is 2.09. The van der Waals surface area contributed by atoms with E-state index in [1.54, 1.807) is 0 Å². The number of carbonyl (C=O) groups excluding carboxylic acids is 1. The molecule has 0 aromatic carbocycles. The van der Waals surface area contributed by atoms with Gasteiger partial charge in [-0.15, -0.1) is 0 Å². The van der Waals surface area contributed by atoms with Crippen molar-refractivity contribution in [3.05, 3.63) is 0 Å². The lowest BCUT2D eigenvalue weighted by Crippen LogP contribution is -2.38. The summed E-state index contributed by atoms with van der Waals surface area (Å²) < 4.78 is 0. The first kappa shape index (κ1) is 14.5. The standard InChI is InChI=1S/C14H28N2O/c1-11(2)8-10-16(13-6-7-13)14(17)12(3)5-4-9-15/h11-13H,4-10,15H2,1-3H3. The Morgan fingerprint density at radius 1 is 1.29 bits per heavy atom. The van der Waals surface area contributed by atoms with Crippen molar-refractivity contribution in [3.63, 3.8) is 0 Å². The van der Waals surface area contributed by atoms with Gasteiger partial charge in [-0.2, -0.15) is 0 Å². The summed E-state index contributed by atoms with van der Waals surface area (Å²) in [5.74, 6) is 1.16. The monoisotopic (exact) mass is 240 g/mol. The quantitative estimate of drug-likeness (QED) is 0.708. The van der Waals surface area contributed by atoms with Crippen molar-refractivity contribution < 1.29 is 4.79 Å². The summed E-state index contributed by atoms with van der Waals surface area (Å²) in [6, 6.07) is 0.543. The van der Waals surface area contributed by atoms with E-state index in [2.05, 4.69) is 18.7 Å². The molecule has 100 valence electrons. The molecule has 2 N–H and O–H groups in total. The number of nitrogens with zero attached hydrogens (tertiary/aromatic N) is 1. The molecule has 0 radical (unpaired) electrons. The molecule has 0 aromatic rings. The molecule has 1 aliphatic rings. The summed E-state index contributed by atoms with van der Waals surface area (Å²) in [7, 11) is 0. The van der Waals surface area contributed by atoms with Crippen molar-refractivity contribution in [2.24, 2.45) is 17.6 Å². The molecule has 0 spiro atoms. The van der Waals surface area contributed by atoms with Crippen molar-refractivity contribution >= 4 is 5.91 Å². The van der Waals surface area contributed by atoms with E-state index in [1.807, 2.05) is 6.92 Å². The molecule has 0 bridgehead atoms. The van der Waals surface area contributed by atoms with Gasteiger partial charge in [0.25, 0.3) is 0 Å². The van der Waals surface area contributed by atoms with Crippen LogP contribution in [0.4, 0.5) is 0 Å². The first-order valence-corrected chi connectivity index (χ1v) is 7.06. The van der Waals surface area contributed by atoms with Crippen LogP contribution in [-0.4, -0.2) is 29.9 Å². The van der Waals surface area contributed by atoms with E-state index in [9.17, 15) is 4.79 Å². The lowest BCUT2D eigenvalue weighted by Gasteiger charge is -2.26. The van der Waals surface area contributed by atoms with Crippen LogP contribution in [0.25, 0.3) is 0 Å². The van der Waals surface area contributed by atoms with Gasteiger partial charge in [0.15, 0.2) is 0 Å². The molecule has 1 aliphatic carbocycles. The summed E-state index contributed by atoms with van der Waals surface area (Å²) in [5, 5.41) is 0. The maximum Gasteiger partial charge on any atom is 0.225 e. The van der Waals surface area contributed by atoms with Gasteiger partial charge in [0.1, 0.15) is 0 Å². The molecule has 3 nitrogen and oxygen atoms in total. The Labute approximate surface area is 106 Å². The second-order valence-corrected chi connectivity index (χ2v) is 5.78. The van der Waals surface area contributed by atoms with Crippen molar-refractivity contribution in [1.29, 1.82) is 0 Å². The number of amides is 1. The summed E-state index contributed by atoms with van der Waals surface area (Å²) >= 11 is 0. The Bertz CT molecular complexity index is 236. The molecular formula is C14H28N2O. The largest absolute Gasteiger partial charge is 0.339 e. The summed E-state index contributed by atoms with van der Waals surface area (Å²) in [5.41, 5.74) is 5.50. The molecule has 1 amide bonds. The highest BCUT2D eigenvalue weighted by molar-refractivity contribution is 5.79. The maximum atomic E-state index is 12.3. The maximum absolute atomic E-state index is 12.3. The third-order valence-corrected chi connectivity index (χ3v) is 3.48. The lowest BCUT2D eigenvalue weighted by atomic mass is 10.0. The van der Waals surface area contributed by atoms with E-state index < -0.39 is 0 Å². The zero-order chi connectivity index (χ0) is 12.8. The molecule has 0 aliphatic heterocycles. The number of hydrogen-bond donors (Lipinski definition) is 1. The smallest absolute Gasteiger partial charge is 0.225 e. The minimum Gasteiger partial charge on any atom is -0.339 e. The average molecular weight is 240 g/mol. The predicted molar refractivity (Wildman–Crippen MR) is 71.6 cm³/mol. The normalized spacial score (nSPS) is 17.2. The Hall–Kier alpha value is -0.570. The lowest BCUT2D eigenvalue weighted by molar-refractivity contribution is -0.136. The highest BCUT2D eigenvalue weighted by Gasteiger charge is 2.33. The van der Waals surface area contributed by atoms with Gasteiger partial charge in [0.05, 0.1) is 0 Å². The van der Waals surface area contributed by atoms with E-state index in [-0.39, 0.29) is 5.92 Å². The fraction of sp³-hybridized carbons (Fsp3) is 0.929. The molecule has 3 heteroatoms. The van der Waals surface area contributed by atoms with Crippen LogP contribution in [0.5, 0.6) is 0 Å². The topological polar surface area (TPSA) is 46.3 Å². The second kappa shape index (κ2) is 7.00. The van der Waals surface area contributed by atoms with Crippen LogP contribution >= 0.6 is 0 Å². The van der Waals surface area contributed by atoms with Crippen molar-refractivity contribution in [2.45, 2.75) is 58.9 Å². The van der Waals surface area contributed by atoms with Crippen LogP contribution in [0.2, 0.25) is 0 Å². The molecule has 1 unspecified atom stereocenters. The van der Waals surface area contributed by atoms with Crippen LogP contribution in [0, 0.1) is 11.8 Å². The summed E-state index contributed by atoms with van der Waals surface area (Å²) in [4.78, 5) is 14.5. The molecule has 0 aromatic heterocycles. The SMILES string of the molecule is CC(C)CCN(C(=O)C(C)CCCN)C1CC1. The van der Waals surface area contributed by atoms with Crippen molar-refractivity contribution in [2.75, 3.05) is 13.1 Å². The van der Waals surface area contributed by atoms with Crippen LogP contribution in [0.3, 0.4) is 0 Å². The minimum absolute atomic E-state index is 0.145.